The molecule has 3 nitrogen and oxygen atoms in total. The van der Waals surface area contributed by atoms with Crippen LogP contribution in [0.25, 0.3) is 0 Å². The molecule has 2 rings (SSSR count). The molecule has 0 saturated heterocycles. The Labute approximate surface area is 116 Å². The Bertz CT molecular complexity index is 554. The minimum Gasteiger partial charge on any atom is -0.271 e. The van der Waals surface area contributed by atoms with Crippen molar-refractivity contribution in [2.45, 2.75) is 19.4 Å². The summed E-state index contributed by atoms with van der Waals surface area (Å²) in [6, 6.07) is 9.99. The molecule has 0 saturated carbocycles. The zero-order chi connectivity index (χ0) is 13.8. The third kappa shape index (κ3) is 3.29. The molecule has 1 aromatic carbocycles. The maximum absolute atomic E-state index is 13.8. The highest BCUT2D eigenvalue weighted by molar-refractivity contribution is 6.31. The predicted molar refractivity (Wildman–Crippen MR) is 74.2 cm³/mol. The number of aryl methyl sites for hydroxylation is 1. The van der Waals surface area contributed by atoms with Crippen LogP contribution in [0.5, 0.6) is 0 Å². The summed E-state index contributed by atoms with van der Waals surface area (Å²) in [6.07, 6.45) is 0.346. The first-order chi connectivity index (χ1) is 9.11. The van der Waals surface area contributed by atoms with Crippen molar-refractivity contribution in [2.24, 2.45) is 5.84 Å². The normalized spacial score (nSPS) is 12.4. The molecule has 0 bridgehead atoms. The van der Waals surface area contributed by atoms with Crippen LogP contribution in [0.1, 0.15) is 23.0 Å². The Balaban J connectivity index is 2.29. The van der Waals surface area contributed by atoms with Crippen LogP contribution in [0, 0.1) is 12.7 Å². The average molecular weight is 280 g/mol. The molecule has 19 heavy (non-hydrogen) atoms. The van der Waals surface area contributed by atoms with Gasteiger partial charge >= 0.3 is 0 Å². The minimum absolute atomic E-state index is 0.283. The van der Waals surface area contributed by atoms with E-state index in [1.807, 2.05) is 25.1 Å². The number of hydrogen-bond acceptors (Lipinski definition) is 3. The highest BCUT2D eigenvalue weighted by Crippen LogP contribution is 2.24. The molecule has 1 heterocycles. The third-order valence-electron chi connectivity index (χ3n) is 2.94. The molecule has 0 radical (unpaired) electrons. The van der Waals surface area contributed by atoms with Gasteiger partial charge in [0.2, 0.25) is 0 Å². The van der Waals surface area contributed by atoms with Gasteiger partial charge in [-0.15, -0.1) is 0 Å². The van der Waals surface area contributed by atoms with Gasteiger partial charge in [-0.2, -0.15) is 0 Å². The van der Waals surface area contributed by atoms with Crippen LogP contribution < -0.4 is 11.3 Å². The summed E-state index contributed by atoms with van der Waals surface area (Å²) in [6.45, 7) is 1.90. The minimum atomic E-state index is -0.333. The van der Waals surface area contributed by atoms with Crippen LogP contribution in [0.3, 0.4) is 0 Å². The summed E-state index contributed by atoms with van der Waals surface area (Å²) in [7, 11) is 0. The summed E-state index contributed by atoms with van der Waals surface area (Å²) in [5.41, 5.74) is 4.75. The van der Waals surface area contributed by atoms with E-state index in [1.54, 1.807) is 12.1 Å². The second-order valence-electron chi connectivity index (χ2n) is 4.33. The van der Waals surface area contributed by atoms with Gasteiger partial charge < -0.3 is 0 Å². The van der Waals surface area contributed by atoms with Gasteiger partial charge in [-0.3, -0.25) is 16.3 Å². The van der Waals surface area contributed by atoms with E-state index in [4.69, 9.17) is 17.4 Å². The fourth-order valence-corrected chi connectivity index (χ4v) is 2.18. The number of rotatable bonds is 4. The van der Waals surface area contributed by atoms with Crippen molar-refractivity contribution in [2.75, 3.05) is 0 Å². The molecular weight excluding hydrogens is 265 g/mol. The number of halogens is 2. The van der Waals surface area contributed by atoms with Crippen LogP contribution >= 0.6 is 11.6 Å². The predicted octanol–water partition coefficient (Wildman–Crippen LogP) is 2.93. The van der Waals surface area contributed by atoms with E-state index in [2.05, 4.69) is 10.4 Å². The number of hydrogen-bond donors (Lipinski definition) is 2. The monoisotopic (exact) mass is 279 g/mol. The quantitative estimate of drug-likeness (QED) is 0.668. The van der Waals surface area contributed by atoms with E-state index in [0.717, 1.165) is 11.4 Å². The summed E-state index contributed by atoms with van der Waals surface area (Å²) >= 11 is 6.02. The lowest BCUT2D eigenvalue weighted by Crippen LogP contribution is -2.30. The first-order valence-electron chi connectivity index (χ1n) is 5.94. The van der Waals surface area contributed by atoms with Gasteiger partial charge in [0.1, 0.15) is 5.82 Å². The molecule has 2 aromatic rings. The number of aromatic nitrogens is 1. The van der Waals surface area contributed by atoms with E-state index in [0.29, 0.717) is 17.0 Å². The lowest BCUT2D eigenvalue weighted by molar-refractivity contribution is 0.518. The molecule has 0 aliphatic heterocycles. The Kier molecular flexibility index (Phi) is 4.47. The molecule has 5 heteroatoms. The highest BCUT2D eigenvalue weighted by atomic mass is 35.5. The molecule has 3 N–H and O–H groups in total. The van der Waals surface area contributed by atoms with Gasteiger partial charge in [0.25, 0.3) is 0 Å². The van der Waals surface area contributed by atoms with Crippen molar-refractivity contribution in [3.05, 3.63) is 64.2 Å². The number of hydrazine groups is 1. The largest absolute Gasteiger partial charge is 0.271 e. The van der Waals surface area contributed by atoms with Crippen molar-refractivity contribution in [1.29, 1.82) is 0 Å². The third-order valence-corrected chi connectivity index (χ3v) is 3.29. The lowest BCUT2D eigenvalue weighted by atomic mass is 10.0. The Morgan fingerprint density at radius 1 is 1.32 bits per heavy atom. The molecule has 1 unspecified atom stereocenters. The molecule has 0 aliphatic rings. The molecule has 1 aromatic heterocycles. The fourth-order valence-electron chi connectivity index (χ4n) is 1.94. The average Bonchev–Trinajstić information content (AvgIpc) is 2.38. The van der Waals surface area contributed by atoms with Gasteiger partial charge in [-0.25, -0.2) is 4.39 Å². The standard InChI is InChI=1S/C14H15ClFN3/c1-9-4-2-7-13(18-9)14(19-17)8-10-11(15)5-3-6-12(10)16/h2-7,14,19H,8,17H2,1H3. The Morgan fingerprint density at radius 2 is 2.05 bits per heavy atom. The first-order valence-corrected chi connectivity index (χ1v) is 6.32. The van der Waals surface area contributed by atoms with Crippen molar-refractivity contribution in [3.8, 4) is 0 Å². The summed E-state index contributed by atoms with van der Waals surface area (Å²) < 4.78 is 13.8. The van der Waals surface area contributed by atoms with Crippen molar-refractivity contribution in [3.63, 3.8) is 0 Å². The van der Waals surface area contributed by atoms with Crippen molar-refractivity contribution in [1.82, 2.24) is 10.4 Å². The summed E-state index contributed by atoms with van der Waals surface area (Å²) in [4.78, 5) is 4.39. The van der Waals surface area contributed by atoms with Crippen molar-refractivity contribution < 1.29 is 4.39 Å². The molecule has 0 spiro atoms. The zero-order valence-electron chi connectivity index (χ0n) is 10.5. The molecular formula is C14H15ClFN3. The number of nitrogens with zero attached hydrogens (tertiary/aromatic N) is 1. The van der Waals surface area contributed by atoms with Gasteiger partial charge in [0.15, 0.2) is 0 Å². The fraction of sp³-hybridized carbons (Fsp3) is 0.214. The lowest BCUT2D eigenvalue weighted by Gasteiger charge is -2.17. The topological polar surface area (TPSA) is 50.9 Å². The smallest absolute Gasteiger partial charge is 0.127 e. The van der Waals surface area contributed by atoms with Crippen LogP contribution in [-0.2, 0) is 6.42 Å². The molecule has 0 fully saturated rings. The maximum Gasteiger partial charge on any atom is 0.127 e. The van der Waals surface area contributed by atoms with Gasteiger partial charge in [0, 0.05) is 16.3 Å². The van der Waals surface area contributed by atoms with Gasteiger partial charge in [-0.05, 0) is 37.6 Å². The SMILES string of the molecule is Cc1cccc(C(Cc2c(F)cccc2Cl)NN)n1. The number of pyridine rings is 1. The molecule has 0 amide bonds. The second kappa shape index (κ2) is 6.10. The van der Waals surface area contributed by atoms with Crippen LogP contribution in [0.2, 0.25) is 5.02 Å². The van der Waals surface area contributed by atoms with E-state index < -0.39 is 0 Å². The number of nitrogens with two attached hydrogens (primary N) is 1. The van der Waals surface area contributed by atoms with Crippen LogP contribution in [0.15, 0.2) is 36.4 Å². The van der Waals surface area contributed by atoms with E-state index >= 15 is 0 Å². The summed E-state index contributed by atoms with van der Waals surface area (Å²) in [5.74, 6) is 5.21. The highest BCUT2D eigenvalue weighted by Gasteiger charge is 2.16. The zero-order valence-corrected chi connectivity index (χ0v) is 11.3. The van der Waals surface area contributed by atoms with Crippen LogP contribution in [-0.4, -0.2) is 4.98 Å². The molecule has 100 valence electrons. The summed E-state index contributed by atoms with van der Waals surface area (Å²) in [5, 5.41) is 0.396. The van der Waals surface area contributed by atoms with E-state index in [-0.39, 0.29) is 11.9 Å². The van der Waals surface area contributed by atoms with Gasteiger partial charge in [-0.1, -0.05) is 23.7 Å². The molecule has 0 aliphatic carbocycles. The van der Waals surface area contributed by atoms with Crippen LogP contribution in [0.4, 0.5) is 4.39 Å². The van der Waals surface area contributed by atoms with Crippen molar-refractivity contribution >= 4 is 11.6 Å². The number of nitrogens with one attached hydrogen (secondary N) is 1. The van der Waals surface area contributed by atoms with Gasteiger partial charge in [0.05, 0.1) is 11.7 Å². The molecule has 1 atom stereocenters. The van der Waals surface area contributed by atoms with E-state index in [1.165, 1.54) is 6.07 Å². The van der Waals surface area contributed by atoms with E-state index in [9.17, 15) is 4.39 Å². The number of benzene rings is 1. The Morgan fingerprint density at radius 3 is 2.68 bits per heavy atom. The second-order valence-corrected chi connectivity index (χ2v) is 4.73. The Hall–Kier alpha value is -1.49. The first kappa shape index (κ1) is 13.9. The maximum atomic E-state index is 13.8.